The van der Waals surface area contributed by atoms with Crippen molar-refractivity contribution in [2.24, 2.45) is 10.7 Å². The second kappa shape index (κ2) is 11.7. The minimum Gasteiger partial charge on any atom is -0.383 e. The van der Waals surface area contributed by atoms with Crippen LogP contribution in [0.25, 0.3) is 0 Å². The number of carbonyl (C=O) groups is 1. The molecule has 1 aromatic rings. The summed E-state index contributed by atoms with van der Waals surface area (Å²) in [6.45, 7) is 8.03. The monoisotopic (exact) mass is 476 g/mol. The summed E-state index contributed by atoms with van der Waals surface area (Å²) in [4.78, 5) is 30.6. The van der Waals surface area contributed by atoms with Gasteiger partial charge in [0.15, 0.2) is 5.11 Å². The van der Waals surface area contributed by atoms with Crippen molar-refractivity contribution >= 4 is 35.1 Å². The zero-order valence-electron chi connectivity index (χ0n) is 19.9. The van der Waals surface area contributed by atoms with Crippen molar-refractivity contribution < 1.29 is 9.53 Å². The second-order valence-electron chi connectivity index (χ2n) is 8.69. The Bertz CT molecular complexity index is 844. The van der Waals surface area contributed by atoms with Crippen molar-refractivity contribution in [2.75, 3.05) is 51.8 Å². The van der Waals surface area contributed by atoms with Gasteiger partial charge in [-0.1, -0.05) is 6.42 Å². The van der Waals surface area contributed by atoms with Crippen LogP contribution in [0.2, 0.25) is 0 Å². The Morgan fingerprint density at radius 3 is 2.39 bits per heavy atom. The number of hydrogen-bond acceptors (Lipinski definition) is 6. The molecule has 2 aliphatic rings. The minimum atomic E-state index is -0.602. The maximum atomic E-state index is 12.6. The lowest BCUT2D eigenvalue weighted by molar-refractivity contribution is -0.134. The predicted octanol–water partition coefficient (Wildman–Crippen LogP) is 1.19. The number of aromatic nitrogens is 2. The first-order chi connectivity index (χ1) is 15.8. The summed E-state index contributed by atoms with van der Waals surface area (Å²) >= 11 is 5.43. The average Bonchev–Trinajstić information content (AvgIpc) is 2.79. The van der Waals surface area contributed by atoms with Gasteiger partial charge in [0.2, 0.25) is 17.8 Å². The van der Waals surface area contributed by atoms with Gasteiger partial charge in [0.05, 0.1) is 6.61 Å². The number of nitrogens with zero attached hydrogens (tertiary/aromatic N) is 5. The summed E-state index contributed by atoms with van der Waals surface area (Å²) in [7, 11) is 1.64. The number of ether oxygens (including phenoxy) is 1. The summed E-state index contributed by atoms with van der Waals surface area (Å²) in [6, 6.07) is 1.92. The summed E-state index contributed by atoms with van der Waals surface area (Å²) in [5, 5.41) is 6.68. The zero-order valence-corrected chi connectivity index (χ0v) is 20.7. The Labute approximate surface area is 201 Å². The molecule has 0 aliphatic carbocycles. The molecule has 2 aliphatic heterocycles. The van der Waals surface area contributed by atoms with Gasteiger partial charge in [0.1, 0.15) is 5.54 Å². The highest BCUT2D eigenvalue weighted by atomic mass is 32.1. The maximum absolute atomic E-state index is 12.6. The first-order valence-electron chi connectivity index (χ1n) is 11.6. The number of carbonyl (C=O) groups excluding carboxylic acids is 1. The number of guanidine groups is 1. The van der Waals surface area contributed by atoms with Gasteiger partial charge in [-0.15, -0.1) is 0 Å². The van der Waals surface area contributed by atoms with E-state index < -0.39 is 5.54 Å². The molecular formula is C22H36N8O2S. The van der Waals surface area contributed by atoms with E-state index in [4.69, 9.17) is 22.7 Å². The molecule has 0 bridgehead atoms. The zero-order chi connectivity index (χ0) is 23.8. The van der Waals surface area contributed by atoms with Crippen molar-refractivity contribution in [2.45, 2.75) is 51.5 Å². The number of nitrogens with two attached hydrogens (primary N) is 1. The lowest BCUT2D eigenvalue weighted by Gasteiger charge is -2.48. The van der Waals surface area contributed by atoms with Crippen molar-refractivity contribution in [3.8, 4) is 0 Å². The number of nitrogens with one attached hydrogen (secondary N) is 2. The lowest BCUT2D eigenvalue weighted by atomic mass is 9.83. The fourth-order valence-electron chi connectivity index (χ4n) is 4.58. The SMILES string of the molecule is COCCNC(=S)/N=C(/Nc1nc(C)cc(C)n1)N1CCC(C(N)=O)(N2CCCCC2)CC1. The number of aryl methyl sites for hydroxylation is 2. The first kappa shape index (κ1) is 25.3. The van der Waals surface area contributed by atoms with E-state index in [0.29, 0.717) is 56.1 Å². The molecule has 33 heavy (non-hydrogen) atoms. The smallest absolute Gasteiger partial charge is 0.238 e. The molecule has 1 aromatic heterocycles. The molecule has 3 rings (SSSR count). The van der Waals surface area contributed by atoms with E-state index in [-0.39, 0.29) is 5.91 Å². The molecule has 0 spiro atoms. The number of rotatable bonds is 6. The predicted molar refractivity (Wildman–Crippen MR) is 133 cm³/mol. The Morgan fingerprint density at radius 2 is 1.82 bits per heavy atom. The van der Waals surface area contributed by atoms with E-state index in [9.17, 15) is 4.79 Å². The Kier molecular flexibility index (Phi) is 8.93. The fourth-order valence-corrected chi connectivity index (χ4v) is 4.77. The minimum absolute atomic E-state index is 0.232. The number of piperidine rings is 2. The van der Waals surface area contributed by atoms with Crippen LogP contribution < -0.4 is 16.4 Å². The van der Waals surface area contributed by atoms with Gasteiger partial charge < -0.3 is 20.7 Å². The van der Waals surface area contributed by atoms with Crippen LogP contribution in [-0.2, 0) is 9.53 Å². The molecular weight excluding hydrogens is 440 g/mol. The van der Waals surface area contributed by atoms with Gasteiger partial charge in [-0.25, -0.2) is 9.97 Å². The molecule has 11 heteroatoms. The number of primary amides is 1. The van der Waals surface area contributed by atoms with E-state index in [1.807, 2.05) is 19.9 Å². The molecule has 2 fully saturated rings. The molecule has 182 valence electrons. The summed E-state index contributed by atoms with van der Waals surface area (Å²) in [6.07, 6.45) is 4.71. The highest BCUT2D eigenvalue weighted by Crippen LogP contribution is 2.31. The van der Waals surface area contributed by atoms with Crippen LogP contribution in [0, 0.1) is 13.8 Å². The van der Waals surface area contributed by atoms with Crippen LogP contribution in [0.3, 0.4) is 0 Å². The number of hydrogen-bond donors (Lipinski definition) is 3. The number of aliphatic imine (C=N–C) groups is 1. The molecule has 10 nitrogen and oxygen atoms in total. The molecule has 1 amide bonds. The van der Waals surface area contributed by atoms with Crippen LogP contribution in [0.1, 0.15) is 43.5 Å². The quantitative estimate of drug-likeness (QED) is 0.241. The molecule has 0 saturated carbocycles. The van der Waals surface area contributed by atoms with E-state index >= 15 is 0 Å². The largest absolute Gasteiger partial charge is 0.383 e. The number of thiocarbonyl (C=S) groups is 1. The van der Waals surface area contributed by atoms with Crippen LogP contribution in [0.4, 0.5) is 5.95 Å². The molecule has 0 aromatic carbocycles. The molecule has 0 radical (unpaired) electrons. The third-order valence-electron chi connectivity index (χ3n) is 6.31. The third-order valence-corrected chi connectivity index (χ3v) is 6.54. The molecule has 3 heterocycles. The Hall–Kier alpha value is -2.37. The van der Waals surface area contributed by atoms with Crippen LogP contribution in [0.15, 0.2) is 11.1 Å². The standard InChI is InChI=1S/C22H36N8O2S/c1-16-15-17(2)26-19(25-16)27-20(28-21(33)24-9-14-32-3)29-12-7-22(8-13-29,18(23)31)30-10-5-4-6-11-30/h15H,4-14H2,1-3H3,(H2,23,31)(H2,24,25,26,27,28,33). The van der Waals surface area contributed by atoms with Gasteiger partial charge in [-0.05, 0) is 70.9 Å². The fraction of sp³-hybridized carbons (Fsp3) is 0.682. The molecule has 2 saturated heterocycles. The van der Waals surface area contributed by atoms with Crippen molar-refractivity contribution in [3.63, 3.8) is 0 Å². The average molecular weight is 477 g/mol. The van der Waals surface area contributed by atoms with E-state index in [1.165, 1.54) is 6.42 Å². The van der Waals surface area contributed by atoms with Gasteiger partial charge in [-0.3, -0.25) is 15.0 Å². The number of methoxy groups -OCH3 is 1. The second-order valence-corrected chi connectivity index (χ2v) is 9.08. The van der Waals surface area contributed by atoms with E-state index in [2.05, 4.69) is 35.4 Å². The van der Waals surface area contributed by atoms with Gasteiger partial charge in [0, 0.05) is 38.1 Å². The van der Waals surface area contributed by atoms with Gasteiger partial charge in [0.25, 0.3) is 0 Å². The summed E-state index contributed by atoms with van der Waals surface area (Å²) in [5.74, 6) is 0.797. The summed E-state index contributed by atoms with van der Waals surface area (Å²) in [5.41, 5.74) is 7.08. The van der Waals surface area contributed by atoms with Crippen molar-refractivity contribution in [3.05, 3.63) is 17.5 Å². The Morgan fingerprint density at radius 1 is 1.18 bits per heavy atom. The molecule has 0 unspecified atom stereocenters. The third kappa shape index (κ3) is 6.58. The topological polar surface area (TPSA) is 121 Å². The van der Waals surface area contributed by atoms with Crippen LogP contribution in [0.5, 0.6) is 0 Å². The van der Waals surface area contributed by atoms with Crippen LogP contribution >= 0.6 is 12.2 Å². The number of likely N-dealkylation sites (tertiary alicyclic amines) is 2. The highest BCUT2D eigenvalue weighted by molar-refractivity contribution is 7.80. The highest BCUT2D eigenvalue weighted by Gasteiger charge is 2.45. The summed E-state index contributed by atoms with van der Waals surface area (Å²) < 4.78 is 5.07. The Balaban J connectivity index is 1.78. The lowest BCUT2D eigenvalue weighted by Crippen LogP contribution is -2.64. The van der Waals surface area contributed by atoms with Gasteiger partial charge >= 0.3 is 0 Å². The van der Waals surface area contributed by atoms with E-state index in [0.717, 1.165) is 37.3 Å². The van der Waals surface area contributed by atoms with Crippen LogP contribution in [-0.4, -0.2) is 88.7 Å². The first-order valence-corrected chi connectivity index (χ1v) is 12.0. The van der Waals surface area contributed by atoms with E-state index in [1.54, 1.807) is 7.11 Å². The molecule has 0 atom stereocenters. The molecule has 4 N–H and O–H groups in total. The maximum Gasteiger partial charge on any atom is 0.238 e. The normalized spacial score (nSPS) is 19.2. The van der Waals surface area contributed by atoms with Crippen molar-refractivity contribution in [1.82, 2.24) is 25.1 Å². The number of amides is 1. The van der Waals surface area contributed by atoms with Gasteiger partial charge in [-0.2, -0.15) is 4.99 Å². The number of anilines is 1. The van der Waals surface area contributed by atoms with Crippen molar-refractivity contribution in [1.29, 1.82) is 0 Å².